The monoisotopic (exact) mass is 163 g/mol. The molecule has 10 heavy (non-hydrogen) atoms. The highest BCUT2D eigenvalue weighted by molar-refractivity contribution is 8.13. The van der Waals surface area contributed by atoms with Gasteiger partial charge in [0.15, 0.2) is 5.17 Å². The second kappa shape index (κ2) is 6.70. The Balaban J connectivity index is 3.04. The topological polar surface area (TPSA) is 84.6 Å². The molecule has 0 aromatic carbocycles. The van der Waals surface area contributed by atoms with Crippen LogP contribution >= 0.6 is 11.8 Å². The smallest absolute Gasteiger partial charge is 0.177 e. The van der Waals surface area contributed by atoms with E-state index in [0.717, 1.165) is 18.6 Å². The fourth-order valence-corrected chi connectivity index (χ4v) is 1.06. The number of hydrogen-bond donors (Lipinski definition) is 3. The molecule has 0 aliphatic carbocycles. The Bertz CT molecular complexity index is 107. The van der Waals surface area contributed by atoms with Crippen molar-refractivity contribution in [3.63, 3.8) is 0 Å². The third-order valence-electron chi connectivity index (χ3n) is 0.930. The van der Waals surface area contributed by atoms with E-state index >= 15 is 0 Å². The van der Waals surface area contributed by atoms with Crippen molar-refractivity contribution in [1.82, 2.24) is 0 Å². The van der Waals surface area contributed by atoms with Gasteiger partial charge in [-0.05, 0) is 12.8 Å². The minimum Gasteiger partial charge on any atom is -0.396 e. The molecule has 0 saturated carbocycles. The maximum atomic E-state index is 8.39. The van der Waals surface area contributed by atoms with Crippen LogP contribution in [0.5, 0.6) is 0 Å². The van der Waals surface area contributed by atoms with Gasteiger partial charge in [-0.15, -0.1) is 0 Å². The van der Waals surface area contributed by atoms with Crippen molar-refractivity contribution in [3.05, 3.63) is 0 Å². The highest BCUT2D eigenvalue weighted by Gasteiger charge is 1.91. The van der Waals surface area contributed by atoms with Gasteiger partial charge in [0.05, 0.1) is 0 Å². The lowest BCUT2D eigenvalue weighted by Crippen LogP contribution is -2.09. The number of hydrogen-bond acceptors (Lipinski definition) is 4. The Kier molecular flexibility index (Phi) is 6.42. The van der Waals surface area contributed by atoms with Crippen molar-refractivity contribution in [1.29, 1.82) is 0 Å². The van der Waals surface area contributed by atoms with Crippen LogP contribution in [0.3, 0.4) is 0 Å². The van der Waals surface area contributed by atoms with Crippen LogP contribution in [0.2, 0.25) is 0 Å². The zero-order valence-electron chi connectivity index (χ0n) is 5.79. The number of hydrazone groups is 1. The number of unbranched alkanes of at least 4 members (excludes halogenated alkanes) is 1. The van der Waals surface area contributed by atoms with Crippen LogP contribution in [0.1, 0.15) is 12.8 Å². The van der Waals surface area contributed by atoms with Crippen LogP contribution in [0.4, 0.5) is 0 Å². The number of rotatable bonds is 4. The summed E-state index contributed by atoms with van der Waals surface area (Å²) in [6, 6.07) is 0. The first kappa shape index (κ1) is 9.58. The average molecular weight is 163 g/mol. The van der Waals surface area contributed by atoms with Crippen LogP contribution in [0.25, 0.3) is 0 Å². The van der Waals surface area contributed by atoms with E-state index < -0.39 is 0 Å². The first-order valence-electron chi connectivity index (χ1n) is 3.08. The second-order valence-electron chi connectivity index (χ2n) is 1.75. The molecular formula is C5H13N3OS. The SMILES string of the molecule is NN=C(N)SCCCCO. The summed E-state index contributed by atoms with van der Waals surface area (Å²) in [5.74, 6) is 5.75. The quantitative estimate of drug-likeness (QED) is 0.174. The van der Waals surface area contributed by atoms with E-state index in [4.69, 9.17) is 16.7 Å². The van der Waals surface area contributed by atoms with Crippen molar-refractivity contribution in [2.45, 2.75) is 12.8 Å². The Morgan fingerprint density at radius 3 is 2.70 bits per heavy atom. The molecule has 0 atom stereocenters. The summed E-state index contributed by atoms with van der Waals surface area (Å²) in [7, 11) is 0. The molecule has 0 fully saturated rings. The van der Waals surface area contributed by atoms with Crippen LogP contribution < -0.4 is 11.6 Å². The molecule has 0 spiro atoms. The van der Waals surface area contributed by atoms with Gasteiger partial charge in [0.2, 0.25) is 0 Å². The molecule has 0 unspecified atom stereocenters. The molecule has 0 heterocycles. The second-order valence-corrected chi connectivity index (χ2v) is 2.86. The molecule has 5 N–H and O–H groups in total. The van der Waals surface area contributed by atoms with Gasteiger partial charge in [0.1, 0.15) is 0 Å². The van der Waals surface area contributed by atoms with E-state index in [-0.39, 0.29) is 6.61 Å². The van der Waals surface area contributed by atoms with Crippen LogP contribution in [-0.4, -0.2) is 22.6 Å². The van der Waals surface area contributed by atoms with Gasteiger partial charge in [-0.25, -0.2) is 0 Å². The lowest BCUT2D eigenvalue weighted by Gasteiger charge is -1.96. The minimum atomic E-state index is 0.236. The van der Waals surface area contributed by atoms with Gasteiger partial charge < -0.3 is 16.7 Å². The normalized spacial score (nSPS) is 11.9. The van der Waals surface area contributed by atoms with Crippen LogP contribution in [0, 0.1) is 0 Å². The Morgan fingerprint density at radius 2 is 2.20 bits per heavy atom. The molecule has 5 heteroatoms. The Morgan fingerprint density at radius 1 is 1.50 bits per heavy atom. The third-order valence-corrected chi connectivity index (χ3v) is 1.82. The first-order chi connectivity index (χ1) is 4.81. The van der Waals surface area contributed by atoms with Crippen LogP contribution in [-0.2, 0) is 0 Å². The van der Waals surface area contributed by atoms with Crippen LogP contribution in [0.15, 0.2) is 5.10 Å². The molecule has 4 nitrogen and oxygen atoms in total. The molecule has 0 rings (SSSR count). The highest BCUT2D eigenvalue weighted by Crippen LogP contribution is 2.02. The maximum absolute atomic E-state index is 8.39. The van der Waals surface area contributed by atoms with Gasteiger partial charge in [-0.3, -0.25) is 0 Å². The van der Waals surface area contributed by atoms with Crippen molar-refractivity contribution in [2.75, 3.05) is 12.4 Å². The third kappa shape index (κ3) is 5.71. The molecule has 0 bridgehead atoms. The molecule has 0 saturated heterocycles. The van der Waals surface area contributed by atoms with E-state index in [2.05, 4.69) is 5.10 Å². The number of nitrogens with zero attached hydrogens (tertiary/aromatic N) is 1. The van der Waals surface area contributed by atoms with E-state index in [0.29, 0.717) is 5.17 Å². The van der Waals surface area contributed by atoms with Gasteiger partial charge in [0.25, 0.3) is 0 Å². The lowest BCUT2D eigenvalue weighted by molar-refractivity contribution is 0.287. The summed E-state index contributed by atoms with van der Waals surface area (Å²) >= 11 is 1.41. The Hall–Kier alpha value is -0.420. The zero-order valence-corrected chi connectivity index (χ0v) is 6.60. The van der Waals surface area contributed by atoms with E-state index in [1.165, 1.54) is 11.8 Å². The minimum absolute atomic E-state index is 0.236. The predicted octanol–water partition coefficient (Wildman–Crippen LogP) is -0.320. The van der Waals surface area contributed by atoms with Gasteiger partial charge in [0, 0.05) is 12.4 Å². The number of aliphatic hydroxyl groups is 1. The summed E-state index contributed by atoms with van der Waals surface area (Å²) in [4.78, 5) is 0. The number of thioether (sulfide) groups is 1. The maximum Gasteiger partial charge on any atom is 0.177 e. The largest absolute Gasteiger partial charge is 0.396 e. The molecule has 0 aliphatic heterocycles. The summed E-state index contributed by atoms with van der Waals surface area (Å²) in [5, 5.41) is 12.1. The molecule has 0 aromatic heterocycles. The number of amidine groups is 1. The molecule has 0 radical (unpaired) electrons. The zero-order chi connectivity index (χ0) is 7.82. The fraction of sp³-hybridized carbons (Fsp3) is 0.800. The first-order valence-corrected chi connectivity index (χ1v) is 4.07. The standard InChI is InChI=1S/C5H13N3OS/c6-5(8-7)10-4-2-1-3-9/h9H,1-4,7H2,(H2,6,8). The van der Waals surface area contributed by atoms with Crippen molar-refractivity contribution < 1.29 is 5.11 Å². The highest BCUT2D eigenvalue weighted by atomic mass is 32.2. The Labute approximate surface area is 64.7 Å². The molecular weight excluding hydrogens is 150 g/mol. The summed E-state index contributed by atoms with van der Waals surface area (Å²) in [6.07, 6.45) is 1.75. The average Bonchev–Trinajstić information content (AvgIpc) is 1.98. The van der Waals surface area contributed by atoms with Crippen molar-refractivity contribution in [2.24, 2.45) is 16.7 Å². The lowest BCUT2D eigenvalue weighted by atomic mass is 10.4. The van der Waals surface area contributed by atoms with Crippen molar-refractivity contribution >= 4 is 16.9 Å². The van der Waals surface area contributed by atoms with E-state index in [1.54, 1.807) is 0 Å². The number of aliphatic hydroxyl groups excluding tert-OH is 1. The predicted molar refractivity (Wildman–Crippen MR) is 44.6 cm³/mol. The number of nitrogens with two attached hydrogens (primary N) is 2. The summed E-state index contributed by atoms with van der Waals surface area (Å²) in [5.41, 5.74) is 5.28. The van der Waals surface area contributed by atoms with E-state index in [1.807, 2.05) is 0 Å². The van der Waals surface area contributed by atoms with E-state index in [9.17, 15) is 0 Å². The molecule has 60 valence electrons. The fourth-order valence-electron chi connectivity index (χ4n) is 0.428. The summed E-state index contributed by atoms with van der Waals surface area (Å²) < 4.78 is 0. The van der Waals surface area contributed by atoms with Crippen molar-refractivity contribution in [3.8, 4) is 0 Å². The summed E-state index contributed by atoms with van der Waals surface area (Å²) in [6.45, 7) is 0.236. The van der Waals surface area contributed by atoms with Gasteiger partial charge in [-0.1, -0.05) is 11.8 Å². The molecule has 0 amide bonds. The molecule has 0 aromatic rings. The van der Waals surface area contributed by atoms with Gasteiger partial charge >= 0.3 is 0 Å². The molecule has 0 aliphatic rings. The van der Waals surface area contributed by atoms with Gasteiger partial charge in [-0.2, -0.15) is 5.10 Å².